The number of nitrogens with zero attached hydrogens (tertiary/aromatic N) is 1. The largest absolute Gasteiger partial charge is 0.494 e. The summed E-state index contributed by atoms with van der Waals surface area (Å²) in [5.41, 5.74) is 10.3. The van der Waals surface area contributed by atoms with Gasteiger partial charge in [-0.3, -0.25) is 14.4 Å². The van der Waals surface area contributed by atoms with Crippen LogP contribution < -0.4 is 20.9 Å². The van der Waals surface area contributed by atoms with Gasteiger partial charge in [0.2, 0.25) is 15.9 Å². The van der Waals surface area contributed by atoms with Crippen LogP contribution in [0.3, 0.4) is 0 Å². The summed E-state index contributed by atoms with van der Waals surface area (Å²) in [4.78, 5) is 39.5. The minimum atomic E-state index is -3.93. The van der Waals surface area contributed by atoms with Crippen LogP contribution >= 0.6 is 0 Å². The topological polar surface area (TPSA) is 191 Å². The van der Waals surface area contributed by atoms with Crippen LogP contribution in [0.5, 0.6) is 5.75 Å². The van der Waals surface area contributed by atoms with E-state index >= 15 is 0 Å². The van der Waals surface area contributed by atoms with Crippen molar-refractivity contribution in [2.45, 2.75) is 64.8 Å². The molecule has 3 aliphatic carbocycles. The Kier molecular flexibility index (Phi) is 7.34. The van der Waals surface area contributed by atoms with Crippen molar-refractivity contribution < 1.29 is 32.6 Å². The SMILES string of the molecule is CC1(C)C2CC(=O)C3(CCS(=O)(=O)NC(Cc4ccc(OCCCC(=O)N=C(N)N)cc4)C(=O)O)CCC231. The molecule has 6 N–H and O–H groups in total. The van der Waals surface area contributed by atoms with Crippen molar-refractivity contribution in [1.82, 2.24) is 4.72 Å². The number of hydrogen-bond acceptors (Lipinski definition) is 6. The Hall–Kier alpha value is -2.99. The highest BCUT2D eigenvalue weighted by Crippen LogP contribution is 2.90. The molecule has 0 saturated heterocycles. The molecule has 4 unspecified atom stereocenters. The van der Waals surface area contributed by atoms with Crippen molar-refractivity contribution in [1.29, 1.82) is 0 Å². The summed E-state index contributed by atoms with van der Waals surface area (Å²) < 4.78 is 33.7. The third kappa shape index (κ3) is 4.91. The van der Waals surface area contributed by atoms with E-state index in [4.69, 9.17) is 16.2 Å². The zero-order valence-electron chi connectivity index (χ0n) is 21.7. The molecule has 3 fully saturated rings. The lowest BCUT2D eigenvalue weighted by molar-refractivity contribution is -0.140. The molecule has 38 heavy (non-hydrogen) atoms. The quantitative estimate of drug-likeness (QED) is 0.160. The molecule has 0 aliphatic heterocycles. The van der Waals surface area contributed by atoms with E-state index in [2.05, 4.69) is 23.6 Å². The van der Waals surface area contributed by atoms with Gasteiger partial charge in [-0.05, 0) is 66.5 Å². The summed E-state index contributed by atoms with van der Waals surface area (Å²) in [6.07, 6.45) is 2.91. The lowest BCUT2D eigenvalue weighted by Gasteiger charge is -2.50. The van der Waals surface area contributed by atoms with Crippen LogP contribution in [0.2, 0.25) is 0 Å². The van der Waals surface area contributed by atoms with Crippen LogP contribution in [0.1, 0.15) is 57.9 Å². The number of benzene rings is 1. The second-order valence-corrected chi connectivity index (χ2v) is 13.1. The van der Waals surface area contributed by atoms with Gasteiger partial charge < -0.3 is 21.3 Å². The molecule has 4 rings (SSSR count). The first-order valence-corrected chi connectivity index (χ1v) is 14.5. The van der Waals surface area contributed by atoms with E-state index in [0.29, 0.717) is 36.5 Å². The summed E-state index contributed by atoms with van der Waals surface area (Å²) in [5, 5.41) is 9.68. The van der Waals surface area contributed by atoms with Crippen molar-refractivity contribution in [3.63, 3.8) is 0 Å². The number of amides is 1. The molecule has 1 aromatic carbocycles. The Morgan fingerprint density at radius 3 is 2.47 bits per heavy atom. The van der Waals surface area contributed by atoms with Crippen molar-refractivity contribution in [2.24, 2.45) is 38.6 Å². The summed E-state index contributed by atoms with van der Waals surface area (Å²) in [7, 11) is -3.93. The summed E-state index contributed by atoms with van der Waals surface area (Å²) in [6, 6.07) is 5.28. The van der Waals surface area contributed by atoms with Crippen LogP contribution in [0, 0.1) is 22.2 Å². The maximum Gasteiger partial charge on any atom is 0.322 e. The van der Waals surface area contributed by atoms with Crippen LogP contribution in [0.15, 0.2) is 29.3 Å². The third-order valence-corrected chi connectivity index (χ3v) is 10.5. The van der Waals surface area contributed by atoms with E-state index in [1.807, 2.05) is 0 Å². The smallest absolute Gasteiger partial charge is 0.322 e. The van der Waals surface area contributed by atoms with Crippen LogP contribution in [-0.2, 0) is 30.8 Å². The predicted molar refractivity (Wildman–Crippen MR) is 140 cm³/mol. The van der Waals surface area contributed by atoms with Gasteiger partial charge in [0.25, 0.3) is 0 Å². The second-order valence-electron chi connectivity index (χ2n) is 11.3. The minimum Gasteiger partial charge on any atom is -0.494 e. The fraction of sp³-hybridized carbons (Fsp3) is 0.615. The first kappa shape index (κ1) is 28.0. The summed E-state index contributed by atoms with van der Waals surface area (Å²) >= 11 is 0. The lowest BCUT2D eigenvalue weighted by atomic mass is 9.53. The number of carbonyl (C=O) groups is 3. The van der Waals surface area contributed by atoms with E-state index in [0.717, 1.165) is 6.42 Å². The van der Waals surface area contributed by atoms with Crippen molar-refractivity contribution in [3.05, 3.63) is 29.8 Å². The van der Waals surface area contributed by atoms with Gasteiger partial charge in [-0.25, -0.2) is 13.1 Å². The number of carbonyl (C=O) groups excluding carboxylic acids is 2. The zero-order chi connectivity index (χ0) is 27.9. The van der Waals surface area contributed by atoms with E-state index in [-0.39, 0.29) is 54.2 Å². The average molecular weight is 549 g/mol. The van der Waals surface area contributed by atoms with Gasteiger partial charge >= 0.3 is 5.97 Å². The maximum atomic E-state index is 12.9. The monoisotopic (exact) mass is 548 g/mol. The highest BCUT2D eigenvalue weighted by Gasteiger charge is 2.87. The van der Waals surface area contributed by atoms with Gasteiger partial charge in [-0.15, -0.1) is 0 Å². The standard InChI is InChI=1S/C26H36N4O7S/c1-24(2)19-15-20(31)25(9-10-26(19,24)25)11-13-38(35,36)30-18(22(33)34)14-16-5-7-17(8-6-16)37-12-3-4-21(32)29-23(27)28/h5-8,18-19,30H,3-4,9-15H2,1-2H3,(H,33,34)(H4,27,28,29,32). The van der Waals surface area contributed by atoms with E-state index in [9.17, 15) is 27.9 Å². The molecule has 3 saturated carbocycles. The van der Waals surface area contributed by atoms with Gasteiger partial charge in [0.05, 0.1) is 12.4 Å². The summed E-state index contributed by atoms with van der Waals surface area (Å²) in [5.74, 6) is -1.26. The van der Waals surface area contributed by atoms with Crippen LogP contribution in [0.4, 0.5) is 0 Å². The first-order chi connectivity index (χ1) is 17.7. The van der Waals surface area contributed by atoms with E-state index in [1.54, 1.807) is 24.3 Å². The van der Waals surface area contributed by atoms with Gasteiger partial charge in [0, 0.05) is 18.3 Å². The van der Waals surface area contributed by atoms with Crippen molar-refractivity contribution >= 4 is 33.6 Å². The van der Waals surface area contributed by atoms with Crippen LogP contribution in [-0.4, -0.2) is 55.5 Å². The molecule has 1 amide bonds. The maximum absolute atomic E-state index is 12.9. The zero-order valence-corrected chi connectivity index (χ0v) is 22.6. The van der Waals surface area contributed by atoms with Gasteiger partial charge in [-0.2, -0.15) is 4.99 Å². The average Bonchev–Trinajstić information content (AvgIpc) is 3.25. The number of nitrogens with one attached hydrogen (secondary N) is 1. The minimum absolute atomic E-state index is 0.0506. The molecule has 208 valence electrons. The molecule has 12 heteroatoms. The Balaban J connectivity index is 1.29. The highest BCUT2D eigenvalue weighted by atomic mass is 32.2. The molecule has 0 heterocycles. The number of nitrogens with two attached hydrogens (primary N) is 2. The van der Waals surface area contributed by atoms with Gasteiger partial charge in [0.15, 0.2) is 5.96 Å². The molecule has 0 bridgehead atoms. The highest BCUT2D eigenvalue weighted by molar-refractivity contribution is 7.89. The number of aliphatic carboxylic acids is 1. The molecule has 0 aromatic heterocycles. The second kappa shape index (κ2) is 9.96. The van der Waals surface area contributed by atoms with Gasteiger partial charge in [0.1, 0.15) is 17.6 Å². The number of sulfonamides is 1. The van der Waals surface area contributed by atoms with Crippen molar-refractivity contribution in [3.8, 4) is 5.75 Å². The normalized spacial score (nSPS) is 27.4. The van der Waals surface area contributed by atoms with Gasteiger partial charge in [-0.1, -0.05) is 26.0 Å². The number of aliphatic imine (C=N–C) groups is 1. The number of carboxylic acids is 1. The molecular formula is C26H36N4O7S. The number of carboxylic acid groups (broad SMARTS) is 1. The van der Waals surface area contributed by atoms with E-state index < -0.39 is 33.4 Å². The van der Waals surface area contributed by atoms with Crippen molar-refractivity contribution in [2.75, 3.05) is 12.4 Å². The molecular weight excluding hydrogens is 512 g/mol. The predicted octanol–water partition coefficient (Wildman–Crippen LogP) is 1.35. The number of ether oxygens (including phenoxy) is 1. The number of rotatable bonds is 13. The fourth-order valence-corrected chi connectivity index (χ4v) is 8.48. The number of Topliss-reactive ketones (excluding diaryl/α,β-unsaturated/α-hetero) is 1. The molecule has 11 nitrogen and oxygen atoms in total. The Labute approximate surface area is 222 Å². The molecule has 1 spiro atoms. The van der Waals surface area contributed by atoms with Crippen LogP contribution in [0.25, 0.3) is 0 Å². The molecule has 4 atom stereocenters. The molecule has 3 aliphatic rings. The molecule has 0 radical (unpaired) electrons. The summed E-state index contributed by atoms with van der Waals surface area (Å²) in [6.45, 7) is 4.58. The van der Waals surface area contributed by atoms with E-state index in [1.165, 1.54) is 0 Å². The number of hydrogen-bond donors (Lipinski definition) is 4. The Bertz CT molecular complexity index is 1260. The lowest BCUT2D eigenvalue weighted by Crippen LogP contribution is -2.50. The first-order valence-electron chi connectivity index (χ1n) is 12.8. The Morgan fingerprint density at radius 1 is 1.21 bits per heavy atom. The Morgan fingerprint density at radius 2 is 1.89 bits per heavy atom. The number of ketones is 1. The fourth-order valence-electron chi connectivity index (χ4n) is 7.13. The third-order valence-electron chi connectivity index (χ3n) is 9.09. The number of guanidine groups is 1. The molecule has 1 aromatic rings.